The highest BCUT2D eigenvalue weighted by molar-refractivity contribution is 6.16. The maximum atomic E-state index is 6.49. The summed E-state index contributed by atoms with van der Waals surface area (Å²) in [5.41, 5.74) is 12.5. The van der Waals surface area contributed by atoms with Crippen LogP contribution in [0.4, 0.5) is 11.4 Å². The van der Waals surface area contributed by atoms with Gasteiger partial charge in [-0.15, -0.1) is 0 Å². The van der Waals surface area contributed by atoms with Gasteiger partial charge in [0.25, 0.3) is 0 Å². The molecule has 1 heterocycles. The molecule has 9 rings (SSSR count). The fourth-order valence-electron chi connectivity index (χ4n) is 10.8. The first kappa shape index (κ1) is 34.8. The van der Waals surface area contributed by atoms with E-state index in [4.69, 9.17) is 14.4 Å². The Morgan fingerprint density at radius 2 is 0.849 bits per heavy atom. The van der Waals surface area contributed by atoms with Crippen molar-refractivity contribution in [1.82, 2.24) is 0 Å². The Balaban J connectivity index is 1.19. The Hall–Kier alpha value is -3.98. The molecule has 0 aliphatic heterocycles. The summed E-state index contributed by atoms with van der Waals surface area (Å²) >= 11 is 0. The molecule has 0 spiro atoms. The third-order valence-electron chi connectivity index (χ3n) is 13.6. The first-order valence-electron chi connectivity index (χ1n) is 21.6. The third kappa shape index (κ3) is 7.30. The summed E-state index contributed by atoms with van der Waals surface area (Å²) < 4.78 is 6.49. The molecule has 3 heteroatoms. The summed E-state index contributed by atoms with van der Waals surface area (Å²) in [6.07, 6.45) is 30.7. The molecule has 4 aromatic carbocycles. The third-order valence-corrected chi connectivity index (χ3v) is 13.6. The summed E-state index contributed by atoms with van der Waals surface area (Å²) in [6.45, 7) is 0. The highest BCUT2D eigenvalue weighted by atomic mass is 16.3. The Morgan fingerprint density at radius 1 is 0.415 bits per heavy atom. The van der Waals surface area contributed by atoms with Gasteiger partial charge in [-0.3, -0.25) is 9.98 Å². The standard InChI is InChI=1S/C50H58N2O/c1-5-17-35(18-6-1)40-26-15-27-41(36-19-7-2-8-20-36)49(40)51-33-39-31-32-47-48(44-25-13-14-30-46(44)53-47)45(39)34-52-50-42(37-21-9-3-10-22-37)28-16-29-43(50)38-23-11-4-12-24-38/h13-16,25-38H,1-12,17-24H2. The number of furan rings is 1. The van der Waals surface area contributed by atoms with Crippen molar-refractivity contribution in [2.45, 2.75) is 152 Å². The SMILES string of the molecule is C(=Nc1c(C2CCCCC2)cccc1C1CCCCC1)c1ccc2oc3ccccc3c2c1C=Nc1c(C2CCCCC2)cccc1C1CCCCC1. The molecule has 0 unspecified atom stereocenters. The molecule has 4 aliphatic rings. The molecule has 0 amide bonds. The van der Waals surface area contributed by atoms with Crippen LogP contribution in [0.25, 0.3) is 21.9 Å². The van der Waals surface area contributed by atoms with Crippen LogP contribution in [0, 0.1) is 0 Å². The van der Waals surface area contributed by atoms with Crippen molar-refractivity contribution in [3.63, 3.8) is 0 Å². The van der Waals surface area contributed by atoms with Crippen LogP contribution in [0.1, 0.15) is 185 Å². The van der Waals surface area contributed by atoms with E-state index in [0.717, 1.165) is 33.1 Å². The van der Waals surface area contributed by atoms with Crippen LogP contribution >= 0.6 is 0 Å². The maximum absolute atomic E-state index is 6.49. The van der Waals surface area contributed by atoms with Gasteiger partial charge in [0.15, 0.2) is 0 Å². The zero-order valence-corrected chi connectivity index (χ0v) is 31.8. The van der Waals surface area contributed by atoms with E-state index in [2.05, 4.69) is 85.2 Å². The van der Waals surface area contributed by atoms with Gasteiger partial charge in [0.05, 0.1) is 11.4 Å². The van der Waals surface area contributed by atoms with Gasteiger partial charge in [0, 0.05) is 34.3 Å². The van der Waals surface area contributed by atoms with Gasteiger partial charge in [-0.25, -0.2) is 0 Å². The molecule has 0 atom stereocenters. The second kappa shape index (κ2) is 16.2. The fraction of sp³-hybridized carbons (Fsp3) is 0.480. The van der Waals surface area contributed by atoms with Gasteiger partial charge in [0.1, 0.15) is 11.2 Å². The predicted octanol–water partition coefficient (Wildman–Crippen LogP) is 15.3. The number of fused-ring (bicyclic) bond motifs is 3. The lowest BCUT2D eigenvalue weighted by Gasteiger charge is -2.28. The average molecular weight is 703 g/mol. The van der Waals surface area contributed by atoms with E-state index in [0.29, 0.717) is 23.7 Å². The first-order chi connectivity index (χ1) is 26.3. The van der Waals surface area contributed by atoms with Crippen LogP contribution in [0.3, 0.4) is 0 Å². The molecular weight excluding hydrogens is 645 g/mol. The van der Waals surface area contributed by atoms with Crippen LogP contribution in [-0.2, 0) is 0 Å². The molecule has 0 bridgehead atoms. The van der Waals surface area contributed by atoms with Gasteiger partial charge in [-0.05, 0) is 115 Å². The normalized spacial score (nSPS) is 20.4. The first-order valence-corrected chi connectivity index (χ1v) is 21.6. The van der Waals surface area contributed by atoms with E-state index in [1.54, 1.807) is 0 Å². The van der Waals surface area contributed by atoms with Gasteiger partial charge in [-0.1, -0.05) is 132 Å². The van der Waals surface area contributed by atoms with Crippen LogP contribution in [-0.4, -0.2) is 12.4 Å². The Morgan fingerprint density at radius 3 is 1.32 bits per heavy atom. The van der Waals surface area contributed by atoms with Crippen molar-refractivity contribution < 1.29 is 4.42 Å². The maximum Gasteiger partial charge on any atom is 0.136 e. The number of benzene rings is 4. The van der Waals surface area contributed by atoms with Crippen molar-refractivity contribution in [3.05, 3.63) is 106 Å². The molecule has 4 aliphatic carbocycles. The summed E-state index contributed by atoms with van der Waals surface area (Å²) in [6, 6.07) is 27.2. The number of aliphatic imine (C=N–C) groups is 2. The molecule has 5 aromatic rings. The Kier molecular flexibility index (Phi) is 10.6. The molecule has 4 saturated carbocycles. The number of rotatable bonds is 8. The number of nitrogens with zero attached hydrogens (tertiary/aromatic N) is 2. The zero-order valence-electron chi connectivity index (χ0n) is 31.8. The van der Waals surface area contributed by atoms with Crippen molar-refractivity contribution >= 4 is 45.7 Å². The quantitative estimate of drug-likeness (QED) is 0.148. The summed E-state index contributed by atoms with van der Waals surface area (Å²) in [4.78, 5) is 11.2. The highest BCUT2D eigenvalue weighted by Crippen LogP contribution is 2.46. The van der Waals surface area contributed by atoms with Crippen molar-refractivity contribution in [1.29, 1.82) is 0 Å². The Labute approximate surface area is 317 Å². The van der Waals surface area contributed by atoms with Gasteiger partial charge >= 0.3 is 0 Å². The van der Waals surface area contributed by atoms with E-state index in [-0.39, 0.29) is 0 Å². The molecular formula is C50H58N2O. The smallest absolute Gasteiger partial charge is 0.136 e. The lowest BCUT2D eigenvalue weighted by Crippen LogP contribution is -2.09. The van der Waals surface area contributed by atoms with Gasteiger partial charge < -0.3 is 4.42 Å². The molecule has 0 saturated heterocycles. The van der Waals surface area contributed by atoms with E-state index >= 15 is 0 Å². The molecule has 0 N–H and O–H groups in total. The lowest BCUT2D eigenvalue weighted by molar-refractivity contribution is 0.436. The van der Waals surface area contributed by atoms with Gasteiger partial charge in [-0.2, -0.15) is 0 Å². The zero-order chi connectivity index (χ0) is 35.4. The highest BCUT2D eigenvalue weighted by Gasteiger charge is 2.26. The summed E-state index contributed by atoms with van der Waals surface area (Å²) in [5.74, 6) is 2.41. The number of hydrogen-bond donors (Lipinski definition) is 0. The molecule has 53 heavy (non-hydrogen) atoms. The molecule has 3 nitrogen and oxygen atoms in total. The molecule has 0 radical (unpaired) electrons. The summed E-state index contributed by atoms with van der Waals surface area (Å²) in [5, 5.41) is 2.30. The average Bonchev–Trinajstić information content (AvgIpc) is 3.62. The van der Waals surface area contributed by atoms with Crippen LogP contribution in [0.5, 0.6) is 0 Å². The second-order valence-electron chi connectivity index (χ2n) is 17.0. The van der Waals surface area contributed by atoms with Crippen LogP contribution in [0.15, 0.2) is 87.2 Å². The van der Waals surface area contributed by atoms with Gasteiger partial charge in [0.2, 0.25) is 0 Å². The fourth-order valence-corrected chi connectivity index (χ4v) is 10.8. The van der Waals surface area contributed by atoms with E-state index in [1.807, 2.05) is 0 Å². The largest absolute Gasteiger partial charge is 0.456 e. The van der Waals surface area contributed by atoms with E-state index < -0.39 is 0 Å². The molecule has 274 valence electrons. The number of hydrogen-bond acceptors (Lipinski definition) is 3. The predicted molar refractivity (Wildman–Crippen MR) is 224 cm³/mol. The van der Waals surface area contributed by atoms with E-state index in [9.17, 15) is 0 Å². The van der Waals surface area contributed by atoms with Crippen molar-refractivity contribution in [2.75, 3.05) is 0 Å². The minimum atomic E-state index is 0.598. The summed E-state index contributed by atoms with van der Waals surface area (Å²) in [7, 11) is 0. The minimum Gasteiger partial charge on any atom is -0.456 e. The van der Waals surface area contributed by atoms with Crippen molar-refractivity contribution in [3.8, 4) is 0 Å². The Bertz CT molecular complexity index is 2000. The monoisotopic (exact) mass is 702 g/mol. The molecule has 4 fully saturated rings. The van der Waals surface area contributed by atoms with E-state index in [1.165, 1.54) is 162 Å². The van der Waals surface area contributed by atoms with Crippen LogP contribution in [0.2, 0.25) is 0 Å². The topological polar surface area (TPSA) is 37.9 Å². The van der Waals surface area contributed by atoms with Crippen LogP contribution < -0.4 is 0 Å². The van der Waals surface area contributed by atoms with Crippen molar-refractivity contribution in [2.24, 2.45) is 9.98 Å². The minimum absolute atomic E-state index is 0.598. The molecule has 1 aromatic heterocycles. The second-order valence-corrected chi connectivity index (χ2v) is 17.0. The lowest BCUT2D eigenvalue weighted by atomic mass is 9.78. The number of para-hydroxylation sites is 3.